The normalized spacial score (nSPS) is 17.6. The van der Waals surface area contributed by atoms with Gasteiger partial charge in [-0.1, -0.05) is 33.6 Å². The van der Waals surface area contributed by atoms with E-state index in [1.807, 2.05) is 12.1 Å². The summed E-state index contributed by atoms with van der Waals surface area (Å²) in [7, 11) is 0. The van der Waals surface area contributed by atoms with Gasteiger partial charge in [-0.3, -0.25) is 0 Å². The number of benzene rings is 2. The molecule has 3 heteroatoms. The maximum Gasteiger partial charge on any atom is 0.0410 e. The molecule has 20 heavy (non-hydrogen) atoms. The lowest BCUT2D eigenvalue weighted by atomic mass is 9.88. The van der Waals surface area contributed by atoms with Gasteiger partial charge in [0.25, 0.3) is 0 Å². The van der Waals surface area contributed by atoms with Crippen molar-refractivity contribution in [1.82, 2.24) is 0 Å². The number of rotatable bonds is 2. The molecular weight excluding hydrogens is 334 g/mol. The molecule has 0 saturated carbocycles. The van der Waals surface area contributed by atoms with E-state index in [1.54, 1.807) is 0 Å². The van der Waals surface area contributed by atoms with E-state index in [2.05, 4.69) is 52.4 Å². The van der Waals surface area contributed by atoms with E-state index in [0.717, 1.165) is 17.9 Å². The highest BCUT2D eigenvalue weighted by molar-refractivity contribution is 9.10. The molecule has 1 atom stereocenters. The van der Waals surface area contributed by atoms with Crippen LogP contribution >= 0.6 is 27.5 Å². The second-order valence-electron chi connectivity index (χ2n) is 5.46. The van der Waals surface area contributed by atoms with Gasteiger partial charge in [0, 0.05) is 21.2 Å². The van der Waals surface area contributed by atoms with Gasteiger partial charge in [0.1, 0.15) is 0 Å². The van der Waals surface area contributed by atoms with Gasteiger partial charge in [0.05, 0.1) is 0 Å². The average molecular weight is 351 g/mol. The minimum Gasteiger partial charge on any atom is -0.382 e. The highest BCUT2D eigenvalue weighted by Gasteiger charge is 2.19. The van der Waals surface area contributed by atoms with Crippen molar-refractivity contribution < 1.29 is 0 Å². The van der Waals surface area contributed by atoms with Crippen LogP contribution < -0.4 is 5.32 Å². The predicted octanol–water partition coefficient (Wildman–Crippen LogP) is 5.38. The van der Waals surface area contributed by atoms with E-state index in [9.17, 15) is 0 Å². The Morgan fingerprint density at radius 1 is 1.15 bits per heavy atom. The van der Waals surface area contributed by atoms with Crippen LogP contribution in [0.3, 0.4) is 0 Å². The van der Waals surface area contributed by atoms with E-state index in [4.69, 9.17) is 11.6 Å². The Kier molecular flexibility index (Phi) is 4.04. The molecular formula is C17H17BrClN. The van der Waals surface area contributed by atoms with Crippen LogP contribution in [-0.4, -0.2) is 6.04 Å². The van der Waals surface area contributed by atoms with Gasteiger partial charge >= 0.3 is 0 Å². The lowest BCUT2D eigenvalue weighted by Gasteiger charge is -2.27. The summed E-state index contributed by atoms with van der Waals surface area (Å²) in [5.41, 5.74) is 5.34. The van der Waals surface area contributed by atoms with Gasteiger partial charge < -0.3 is 5.32 Å². The number of hydrogen-bond acceptors (Lipinski definition) is 1. The molecule has 1 nitrogen and oxygen atoms in total. The maximum atomic E-state index is 6.01. The van der Waals surface area contributed by atoms with Gasteiger partial charge in [0.2, 0.25) is 0 Å². The lowest BCUT2D eigenvalue weighted by Crippen LogP contribution is -2.27. The number of hydrogen-bond donors (Lipinski definition) is 1. The number of anilines is 1. The van der Waals surface area contributed by atoms with Crippen molar-refractivity contribution >= 4 is 33.2 Å². The Morgan fingerprint density at radius 2 is 2.00 bits per heavy atom. The molecule has 0 spiro atoms. The van der Waals surface area contributed by atoms with Crippen molar-refractivity contribution in [1.29, 1.82) is 0 Å². The SMILES string of the molecule is Cc1cc(Cl)ccc1NC1CCc2cc(Br)ccc2C1. The molecule has 0 radical (unpaired) electrons. The third-order valence-electron chi connectivity index (χ3n) is 3.94. The van der Waals surface area contributed by atoms with Crippen LogP contribution in [0, 0.1) is 6.92 Å². The van der Waals surface area contributed by atoms with Crippen LogP contribution in [0.1, 0.15) is 23.1 Å². The van der Waals surface area contributed by atoms with Crippen LogP contribution in [0.4, 0.5) is 5.69 Å². The highest BCUT2D eigenvalue weighted by atomic mass is 79.9. The fourth-order valence-corrected chi connectivity index (χ4v) is 3.49. The minimum atomic E-state index is 0.503. The first-order chi connectivity index (χ1) is 9.61. The summed E-state index contributed by atoms with van der Waals surface area (Å²) in [5, 5.41) is 4.46. The molecule has 1 N–H and O–H groups in total. The van der Waals surface area contributed by atoms with E-state index in [-0.39, 0.29) is 0 Å². The molecule has 1 aliphatic rings. The molecule has 3 rings (SSSR count). The third kappa shape index (κ3) is 3.02. The van der Waals surface area contributed by atoms with Gasteiger partial charge in [-0.25, -0.2) is 0 Å². The molecule has 0 aliphatic heterocycles. The van der Waals surface area contributed by atoms with Crippen molar-refractivity contribution in [2.24, 2.45) is 0 Å². The Labute approximate surface area is 133 Å². The Morgan fingerprint density at radius 3 is 2.80 bits per heavy atom. The summed E-state index contributed by atoms with van der Waals surface area (Å²) >= 11 is 9.56. The summed E-state index contributed by atoms with van der Waals surface area (Å²) in [6.45, 7) is 2.10. The molecule has 1 unspecified atom stereocenters. The van der Waals surface area contributed by atoms with Crippen molar-refractivity contribution in [2.45, 2.75) is 32.2 Å². The zero-order valence-corrected chi connectivity index (χ0v) is 13.8. The highest BCUT2D eigenvalue weighted by Crippen LogP contribution is 2.28. The van der Waals surface area contributed by atoms with Crippen LogP contribution in [0.5, 0.6) is 0 Å². The van der Waals surface area contributed by atoms with Crippen LogP contribution in [0.2, 0.25) is 5.02 Å². The summed E-state index contributed by atoms with van der Waals surface area (Å²) in [6.07, 6.45) is 3.40. The first-order valence-electron chi connectivity index (χ1n) is 6.92. The second kappa shape index (κ2) is 5.79. The average Bonchev–Trinajstić information content (AvgIpc) is 2.42. The van der Waals surface area contributed by atoms with Crippen molar-refractivity contribution in [3.05, 3.63) is 62.6 Å². The first kappa shape index (κ1) is 14.0. The van der Waals surface area contributed by atoms with E-state index in [0.29, 0.717) is 6.04 Å². The molecule has 0 saturated heterocycles. The van der Waals surface area contributed by atoms with Crippen molar-refractivity contribution in [2.75, 3.05) is 5.32 Å². The van der Waals surface area contributed by atoms with Crippen LogP contribution in [0.25, 0.3) is 0 Å². The summed E-state index contributed by atoms with van der Waals surface area (Å²) in [5.74, 6) is 0. The molecule has 1 aliphatic carbocycles. The monoisotopic (exact) mass is 349 g/mol. The molecule has 0 fully saturated rings. The van der Waals surface area contributed by atoms with E-state index >= 15 is 0 Å². The molecule has 0 bridgehead atoms. The minimum absolute atomic E-state index is 0.503. The zero-order valence-electron chi connectivity index (χ0n) is 11.4. The van der Waals surface area contributed by atoms with Crippen LogP contribution in [0.15, 0.2) is 40.9 Å². The van der Waals surface area contributed by atoms with Gasteiger partial charge in [-0.15, -0.1) is 0 Å². The quantitative estimate of drug-likeness (QED) is 0.766. The zero-order chi connectivity index (χ0) is 14.1. The molecule has 0 aromatic heterocycles. The fourth-order valence-electron chi connectivity index (χ4n) is 2.86. The molecule has 2 aromatic carbocycles. The standard InChI is InChI=1S/C17H17BrClN/c1-11-8-15(19)5-7-17(11)20-16-6-3-12-9-14(18)4-2-13(12)10-16/h2,4-5,7-9,16,20H,3,6,10H2,1H3. The smallest absolute Gasteiger partial charge is 0.0410 e. The van der Waals surface area contributed by atoms with E-state index in [1.165, 1.54) is 33.3 Å². The summed E-state index contributed by atoms with van der Waals surface area (Å²) in [6, 6.07) is 13.2. The first-order valence-corrected chi connectivity index (χ1v) is 8.09. The van der Waals surface area contributed by atoms with Crippen LogP contribution in [-0.2, 0) is 12.8 Å². The maximum absolute atomic E-state index is 6.01. The molecule has 0 amide bonds. The summed E-state index contributed by atoms with van der Waals surface area (Å²) < 4.78 is 1.18. The van der Waals surface area contributed by atoms with Gasteiger partial charge in [-0.05, 0) is 73.2 Å². The predicted molar refractivity (Wildman–Crippen MR) is 89.8 cm³/mol. The Bertz CT molecular complexity index is 639. The lowest BCUT2D eigenvalue weighted by molar-refractivity contribution is 0.610. The van der Waals surface area contributed by atoms with Crippen molar-refractivity contribution in [3.63, 3.8) is 0 Å². The van der Waals surface area contributed by atoms with Gasteiger partial charge in [0.15, 0.2) is 0 Å². The molecule has 104 valence electrons. The van der Waals surface area contributed by atoms with E-state index < -0.39 is 0 Å². The summed E-state index contributed by atoms with van der Waals surface area (Å²) in [4.78, 5) is 0. The largest absolute Gasteiger partial charge is 0.382 e. The third-order valence-corrected chi connectivity index (χ3v) is 4.67. The number of nitrogens with one attached hydrogen (secondary N) is 1. The Balaban J connectivity index is 1.75. The van der Waals surface area contributed by atoms with Gasteiger partial charge in [-0.2, -0.15) is 0 Å². The Hall–Kier alpha value is -0.990. The molecule has 2 aromatic rings. The number of aryl methyl sites for hydroxylation is 2. The van der Waals surface area contributed by atoms with Crippen molar-refractivity contribution in [3.8, 4) is 0 Å². The molecule has 0 heterocycles. The second-order valence-corrected chi connectivity index (χ2v) is 6.81. The number of halogens is 2. The fraction of sp³-hybridized carbons (Fsp3) is 0.294. The topological polar surface area (TPSA) is 12.0 Å². The number of fused-ring (bicyclic) bond motifs is 1.